The molecule has 2 aromatic rings. The summed E-state index contributed by atoms with van der Waals surface area (Å²) in [4.78, 5) is 16.2. The minimum Gasteiger partial charge on any atom is -0.337 e. The van der Waals surface area contributed by atoms with Gasteiger partial charge in [0, 0.05) is 24.0 Å². The van der Waals surface area contributed by atoms with E-state index >= 15 is 0 Å². The number of carbonyl (C=O) groups is 1. The van der Waals surface area contributed by atoms with Crippen molar-refractivity contribution in [2.24, 2.45) is 0 Å². The summed E-state index contributed by atoms with van der Waals surface area (Å²) in [5, 5.41) is 8.56. The number of urea groups is 1. The zero-order valence-corrected chi connectivity index (χ0v) is 12.9. The van der Waals surface area contributed by atoms with Crippen LogP contribution in [0.2, 0.25) is 0 Å². The fraction of sp³-hybridized carbons (Fsp3) is 0.333. The lowest BCUT2D eigenvalue weighted by atomic mass is 10.2. The molecule has 21 heavy (non-hydrogen) atoms. The number of aromatic nitrogens is 1. The van der Waals surface area contributed by atoms with E-state index in [2.05, 4.69) is 22.5 Å². The Morgan fingerprint density at radius 1 is 1.43 bits per heavy atom. The first-order valence-corrected chi connectivity index (χ1v) is 7.70. The number of hydrogen-bond donors (Lipinski definition) is 2. The molecule has 0 saturated heterocycles. The zero-order chi connectivity index (χ0) is 15.2. The van der Waals surface area contributed by atoms with Crippen LogP contribution < -0.4 is 10.6 Å². The van der Waals surface area contributed by atoms with Crippen molar-refractivity contribution in [1.82, 2.24) is 10.3 Å². The van der Waals surface area contributed by atoms with E-state index in [0.717, 1.165) is 17.1 Å². The first-order chi connectivity index (χ1) is 10.1. The van der Waals surface area contributed by atoms with Crippen LogP contribution in [0.5, 0.6) is 0 Å². The molecule has 0 aliphatic carbocycles. The van der Waals surface area contributed by atoms with Gasteiger partial charge >= 0.3 is 6.03 Å². The van der Waals surface area contributed by atoms with Crippen LogP contribution in [0.15, 0.2) is 23.6 Å². The van der Waals surface area contributed by atoms with Crippen molar-refractivity contribution in [2.45, 2.75) is 26.7 Å². The van der Waals surface area contributed by atoms with Gasteiger partial charge in [0.25, 0.3) is 0 Å². The van der Waals surface area contributed by atoms with Crippen molar-refractivity contribution in [3.8, 4) is 0 Å². The Morgan fingerprint density at radius 2 is 2.24 bits per heavy atom. The average Bonchev–Trinajstić information content (AvgIpc) is 2.91. The second kappa shape index (κ2) is 7.17. The molecule has 0 aliphatic rings. The van der Waals surface area contributed by atoms with Crippen LogP contribution in [-0.2, 0) is 12.8 Å². The first kappa shape index (κ1) is 15.4. The fourth-order valence-electron chi connectivity index (χ4n) is 1.83. The Hall–Kier alpha value is -1.95. The van der Waals surface area contributed by atoms with Crippen LogP contribution in [-0.4, -0.2) is 17.6 Å². The van der Waals surface area contributed by atoms with Crippen LogP contribution in [0.4, 0.5) is 14.9 Å². The van der Waals surface area contributed by atoms with Gasteiger partial charge in [-0.25, -0.2) is 14.2 Å². The molecule has 0 aliphatic heterocycles. The quantitative estimate of drug-likeness (QED) is 0.888. The van der Waals surface area contributed by atoms with Crippen LogP contribution in [0.25, 0.3) is 0 Å². The summed E-state index contributed by atoms with van der Waals surface area (Å²) in [5.74, 6) is -0.281. The van der Waals surface area contributed by atoms with Gasteiger partial charge in [-0.1, -0.05) is 6.92 Å². The number of nitrogens with one attached hydrogen (secondary N) is 2. The second-order valence-electron chi connectivity index (χ2n) is 4.68. The van der Waals surface area contributed by atoms with Gasteiger partial charge < -0.3 is 10.6 Å². The third-order valence-electron chi connectivity index (χ3n) is 2.98. The molecule has 2 N–H and O–H groups in total. The summed E-state index contributed by atoms with van der Waals surface area (Å²) in [5.41, 5.74) is 2.07. The molecule has 0 atom stereocenters. The third-order valence-corrected chi connectivity index (χ3v) is 4.03. The van der Waals surface area contributed by atoms with Gasteiger partial charge in [-0.2, -0.15) is 0 Å². The minimum absolute atomic E-state index is 0.281. The summed E-state index contributed by atoms with van der Waals surface area (Å²) < 4.78 is 13.1. The minimum atomic E-state index is -0.299. The van der Waals surface area contributed by atoms with Crippen molar-refractivity contribution >= 4 is 23.1 Å². The monoisotopic (exact) mass is 307 g/mol. The molecule has 6 heteroatoms. The molecule has 0 radical (unpaired) electrons. The number of anilines is 1. The van der Waals surface area contributed by atoms with E-state index in [9.17, 15) is 9.18 Å². The highest BCUT2D eigenvalue weighted by Gasteiger charge is 2.05. The molecule has 1 aromatic heterocycles. The molecule has 0 spiro atoms. The van der Waals surface area contributed by atoms with Crippen LogP contribution >= 0.6 is 11.3 Å². The molecular formula is C15H18FN3OS. The summed E-state index contributed by atoms with van der Waals surface area (Å²) in [7, 11) is 0. The molecule has 0 fully saturated rings. The Labute approximate surface area is 127 Å². The molecule has 112 valence electrons. The predicted octanol–water partition coefficient (Wildman–Crippen LogP) is 3.52. The number of nitrogens with zero attached hydrogens (tertiary/aromatic N) is 1. The van der Waals surface area contributed by atoms with E-state index in [-0.39, 0.29) is 11.8 Å². The SMILES string of the molecule is CCc1nc(CCNC(=O)Nc2ccc(F)c(C)c2)cs1. The average molecular weight is 307 g/mol. The number of amides is 2. The number of carbonyl (C=O) groups excluding carboxylic acids is 1. The van der Waals surface area contributed by atoms with Crippen molar-refractivity contribution in [1.29, 1.82) is 0 Å². The van der Waals surface area contributed by atoms with Gasteiger partial charge in [0.05, 0.1) is 10.7 Å². The normalized spacial score (nSPS) is 10.4. The molecule has 0 unspecified atom stereocenters. The van der Waals surface area contributed by atoms with Gasteiger partial charge in [-0.05, 0) is 37.1 Å². The third kappa shape index (κ3) is 4.53. The topological polar surface area (TPSA) is 54.0 Å². The first-order valence-electron chi connectivity index (χ1n) is 6.82. The molecule has 1 aromatic carbocycles. The van der Waals surface area contributed by atoms with E-state index in [1.807, 2.05) is 5.38 Å². The van der Waals surface area contributed by atoms with E-state index in [4.69, 9.17) is 0 Å². The van der Waals surface area contributed by atoms with Gasteiger partial charge in [0.1, 0.15) is 5.82 Å². The number of thiazole rings is 1. The van der Waals surface area contributed by atoms with Crippen molar-refractivity contribution in [3.05, 3.63) is 45.7 Å². The van der Waals surface area contributed by atoms with Crippen LogP contribution in [0, 0.1) is 12.7 Å². The lowest BCUT2D eigenvalue weighted by Crippen LogP contribution is -2.30. The van der Waals surface area contributed by atoms with E-state index < -0.39 is 0 Å². The lowest BCUT2D eigenvalue weighted by Gasteiger charge is -2.08. The zero-order valence-electron chi connectivity index (χ0n) is 12.1. The predicted molar refractivity (Wildman–Crippen MR) is 83.4 cm³/mol. The maximum atomic E-state index is 13.1. The maximum Gasteiger partial charge on any atom is 0.319 e. The van der Waals surface area contributed by atoms with Gasteiger partial charge in [0.2, 0.25) is 0 Å². The highest BCUT2D eigenvalue weighted by molar-refractivity contribution is 7.09. The largest absolute Gasteiger partial charge is 0.337 e. The van der Waals surface area contributed by atoms with Crippen LogP contribution in [0.3, 0.4) is 0 Å². The Morgan fingerprint density at radius 3 is 2.90 bits per heavy atom. The number of aryl methyl sites for hydroxylation is 2. The Bertz CT molecular complexity index is 627. The standard InChI is InChI=1S/C15H18FN3OS/c1-3-14-18-12(9-21-14)6-7-17-15(20)19-11-4-5-13(16)10(2)8-11/h4-5,8-9H,3,6-7H2,1-2H3,(H2,17,19,20). The molecule has 2 amide bonds. The van der Waals surface area contributed by atoms with Gasteiger partial charge in [-0.3, -0.25) is 0 Å². The van der Waals surface area contributed by atoms with E-state index in [1.54, 1.807) is 24.3 Å². The summed E-state index contributed by atoms with van der Waals surface area (Å²) >= 11 is 1.64. The second-order valence-corrected chi connectivity index (χ2v) is 5.62. The number of hydrogen-bond acceptors (Lipinski definition) is 3. The fourth-order valence-corrected chi connectivity index (χ4v) is 2.61. The molecule has 0 saturated carbocycles. The Balaban J connectivity index is 1.78. The van der Waals surface area contributed by atoms with Crippen molar-refractivity contribution < 1.29 is 9.18 Å². The highest BCUT2D eigenvalue weighted by Crippen LogP contribution is 2.13. The molecule has 4 nitrogen and oxygen atoms in total. The lowest BCUT2D eigenvalue weighted by molar-refractivity contribution is 0.252. The number of benzene rings is 1. The molecule has 0 bridgehead atoms. The smallest absolute Gasteiger partial charge is 0.319 e. The van der Waals surface area contributed by atoms with Gasteiger partial charge in [0.15, 0.2) is 0 Å². The Kier molecular flexibility index (Phi) is 5.27. The molecular weight excluding hydrogens is 289 g/mol. The van der Waals surface area contributed by atoms with E-state index in [0.29, 0.717) is 24.2 Å². The van der Waals surface area contributed by atoms with Gasteiger partial charge in [-0.15, -0.1) is 11.3 Å². The van der Waals surface area contributed by atoms with Crippen molar-refractivity contribution in [3.63, 3.8) is 0 Å². The van der Waals surface area contributed by atoms with E-state index in [1.165, 1.54) is 12.1 Å². The molecule has 1 heterocycles. The number of rotatable bonds is 5. The summed E-state index contributed by atoms with van der Waals surface area (Å²) in [6.07, 6.45) is 1.63. The molecule has 2 rings (SSSR count). The summed E-state index contributed by atoms with van der Waals surface area (Å²) in [6.45, 7) is 4.24. The number of halogens is 1. The van der Waals surface area contributed by atoms with Crippen LogP contribution in [0.1, 0.15) is 23.2 Å². The maximum absolute atomic E-state index is 13.1. The summed E-state index contributed by atoms with van der Waals surface area (Å²) in [6, 6.07) is 4.18. The highest BCUT2D eigenvalue weighted by atomic mass is 32.1. The van der Waals surface area contributed by atoms with Crippen molar-refractivity contribution in [2.75, 3.05) is 11.9 Å².